The zero-order valence-corrected chi connectivity index (χ0v) is 13.0. The SMILES string of the molecule is CCNC(=O)c1ccc(NCC2CCCN(C)C2)c(N)c1. The average molecular weight is 290 g/mol. The molecular formula is C16H26N4O. The number of carbonyl (C=O) groups is 1. The predicted octanol–water partition coefficient (Wildman–Crippen LogP) is 1.77. The van der Waals surface area contributed by atoms with Crippen molar-refractivity contribution in [3.05, 3.63) is 23.8 Å². The number of hydrogen-bond acceptors (Lipinski definition) is 4. The molecule has 1 atom stereocenters. The summed E-state index contributed by atoms with van der Waals surface area (Å²) in [5.74, 6) is 0.580. The predicted molar refractivity (Wildman–Crippen MR) is 87.6 cm³/mol. The monoisotopic (exact) mass is 290 g/mol. The lowest BCUT2D eigenvalue weighted by Crippen LogP contribution is -2.35. The van der Waals surface area contributed by atoms with E-state index in [1.54, 1.807) is 6.07 Å². The fourth-order valence-electron chi connectivity index (χ4n) is 2.82. The van der Waals surface area contributed by atoms with Gasteiger partial charge in [0.2, 0.25) is 0 Å². The normalized spacial score (nSPS) is 19.2. The number of benzene rings is 1. The Bertz CT molecular complexity index is 489. The molecule has 1 aliphatic rings. The van der Waals surface area contributed by atoms with Crippen LogP contribution in [0.5, 0.6) is 0 Å². The van der Waals surface area contributed by atoms with Crippen molar-refractivity contribution < 1.29 is 4.79 Å². The lowest BCUT2D eigenvalue weighted by atomic mass is 9.98. The minimum atomic E-state index is -0.0790. The maximum atomic E-state index is 11.8. The Morgan fingerprint density at radius 3 is 2.95 bits per heavy atom. The Kier molecular flexibility index (Phi) is 5.44. The van der Waals surface area contributed by atoms with Crippen LogP contribution in [0.25, 0.3) is 0 Å². The number of carbonyl (C=O) groups excluding carboxylic acids is 1. The van der Waals surface area contributed by atoms with Gasteiger partial charge < -0.3 is 21.3 Å². The van der Waals surface area contributed by atoms with Crippen LogP contribution in [0.3, 0.4) is 0 Å². The lowest BCUT2D eigenvalue weighted by Gasteiger charge is -2.30. The first-order valence-corrected chi connectivity index (χ1v) is 7.70. The zero-order chi connectivity index (χ0) is 15.2. The van der Waals surface area contributed by atoms with Crippen LogP contribution < -0.4 is 16.4 Å². The van der Waals surface area contributed by atoms with E-state index in [1.807, 2.05) is 19.1 Å². The van der Waals surface area contributed by atoms with Gasteiger partial charge in [0, 0.05) is 25.2 Å². The smallest absolute Gasteiger partial charge is 0.251 e. The number of amides is 1. The van der Waals surface area contributed by atoms with Crippen LogP contribution >= 0.6 is 0 Å². The van der Waals surface area contributed by atoms with E-state index in [1.165, 1.54) is 19.4 Å². The van der Waals surface area contributed by atoms with Crippen molar-refractivity contribution in [3.63, 3.8) is 0 Å². The standard InChI is InChI=1S/C16H26N4O/c1-3-18-16(21)13-6-7-15(14(17)9-13)19-10-12-5-4-8-20(2)11-12/h6-7,9,12,19H,3-5,8,10-11,17H2,1-2H3,(H,18,21). The number of hydrogen-bond donors (Lipinski definition) is 3. The lowest BCUT2D eigenvalue weighted by molar-refractivity contribution is 0.0956. The van der Waals surface area contributed by atoms with Gasteiger partial charge in [-0.05, 0) is 57.5 Å². The van der Waals surface area contributed by atoms with Crippen molar-refractivity contribution in [3.8, 4) is 0 Å². The molecule has 0 bridgehead atoms. The van der Waals surface area contributed by atoms with Crippen LogP contribution in [0.2, 0.25) is 0 Å². The molecule has 4 N–H and O–H groups in total. The van der Waals surface area contributed by atoms with Gasteiger partial charge in [0.25, 0.3) is 5.91 Å². The number of nitrogens with one attached hydrogen (secondary N) is 2. The molecule has 1 unspecified atom stereocenters. The second-order valence-corrected chi connectivity index (χ2v) is 5.81. The number of nitrogens with zero attached hydrogens (tertiary/aromatic N) is 1. The van der Waals surface area contributed by atoms with Gasteiger partial charge in [-0.15, -0.1) is 0 Å². The van der Waals surface area contributed by atoms with Crippen molar-refractivity contribution in [2.24, 2.45) is 5.92 Å². The molecule has 0 aliphatic carbocycles. The third-order valence-corrected chi connectivity index (χ3v) is 3.95. The fraction of sp³-hybridized carbons (Fsp3) is 0.562. The van der Waals surface area contributed by atoms with E-state index in [2.05, 4.69) is 22.6 Å². The molecule has 1 aromatic carbocycles. The molecule has 116 valence electrons. The molecule has 1 amide bonds. The zero-order valence-electron chi connectivity index (χ0n) is 13.0. The van der Waals surface area contributed by atoms with Gasteiger partial charge in [0.05, 0.1) is 11.4 Å². The molecule has 1 saturated heterocycles. The molecule has 1 aromatic rings. The van der Waals surface area contributed by atoms with Crippen LogP contribution in [0.4, 0.5) is 11.4 Å². The van der Waals surface area contributed by atoms with Crippen molar-refractivity contribution in [1.82, 2.24) is 10.2 Å². The third-order valence-electron chi connectivity index (χ3n) is 3.95. The Morgan fingerprint density at radius 1 is 1.48 bits per heavy atom. The van der Waals surface area contributed by atoms with Crippen LogP contribution in [0.15, 0.2) is 18.2 Å². The topological polar surface area (TPSA) is 70.4 Å². The van der Waals surface area contributed by atoms with E-state index >= 15 is 0 Å². The molecule has 5 heteroatoms. The maximum absolute atomic E-state index is 11.8. The Balaban J connectivity index is 1.93. The van der Waals surface area contributed by atoms with E-state index < -0.39 is 0 Å². The number of nitrogen functional groups attached to an aromatic ring is 1. The Morgan fingerprint density at radius 2 is 2.29 bits per heavy atom. The maximum Gasteiger partial charge on any atom is 0.251 e. The molecule has 21 heavy (non-hydrogen) atoms. The molecule has 1 fully saturated rings. The molecule has 1 aliphatic heterocycles. The molecule has 0 spiro atoms. The molecule has 5 nitrogen and oxygen atoms in total. The molecule has 0 radical (unpaired) electrons. The molecule has 2 rings (SSSR count). The highest BCUT2D eigenvalue weighted by atomic mass is 16.1. The summed E-state index contributed by atoms with van der Waals surface area (Å²) in [4.78, 5) is 14.1. The summed E-state index contributed by atoms with van der Waals surface area (Å²) in [6.45, 7) is 5.77. The molecule has 1 heterocycles. The van der Waals surface area contributed by atoms with Crippen molar-refractivity contribution in [2.75, 3.05) is 44.3 Å². The van der Waals surface area contributed by atoms with Gasteiger partial charge in [0.1, 0.15) is 0 Å². The van der Waals surface area contributed by atoms with Crippen LogP contribution in [-0.2, 0) is 0 Å². The van der Waals surface area contributed by atoms with Gasteiger partial charge in [-0.1, -0.05) is 0 Å². The number of anilines is 2. The number of nitrogens with two attached hydrogens (primary N) is 1. The van der Waals surface area contributed by atoms with Gasteiger partial charge in [-0.25, -0.2) is 0 Å². The van der Waals surface area contributed by atoms with Gasteiger partial charge in [0.15, 0.2) is 0 Å². The summed E-state index contributed by atoms with van der Waals surface area (Å²) in [7, 11) is 2.17. The summed E-state index contributed by atoms with van der Waals surface area (Å²) in [6, 6.07) is 5.45. The summed E-state index contributed by atoms with van der Waals surface area (Å²) in [5.41, 5.74) is 8.19. The van der Waals surface area contributed by atoms with Crippen molar-refractivity contribution in [2.45, 2.75) is 19.8 Å². The molecule has 0 aromatic heterocycles. The summed E-state index contributed by atoms with van der Waals surface area (Å²) in [5, 5.41) is 6.19. The summed E-state index contributed by atoms with van der Waals surface area (Å²) in [6.07, 6.45) is 2.52. The minimum absolute atomic E-state index is 0.0790. The highest BCUT2D eigenvalue weighted by molar-refractivity contribution is 5.96. The second-order valence-electron chi connectivity index (χ2n) is 5.81. The average Bonchev–Trinajstić information content (AvgIpc) is 2.46. The van der Waals surface area contributed by atoms with Crippen LogP contribution in [0, 0.1) is 5.92 Å². The fourth-order valence-corrected chi connectivity index (χ4v) is 2.82. The number of likely N-dealkylation sites (tertiary alicyclic amines) is 1. The van der Waals surface area contributed by atoms with Crippen molar-refractivity contribution in [1.29, 1.82) is 0 Å². The number of rotatable bonds is 5. The highest BCUT2D eigenvalue weighted by Gasteiger charge is 2.17. The number of piperidine rings is 1. The molecule has 0 saturated carbocycles. The Labute approximate surface area is 126 Å². The Hall–Kier alpha value is -1.75. The first kappa shape index (κ1) is 15.6. The summed E-state index contributed by atoms with van der Waals surface area (Å²) >= 11 is 0. The van der Waals surface area contributed by atoms with Crippen LogP contribution in [0.1, 0.15) is 30.1 Å². The third kappa shape index (κ3) is 4.36. The van der Waals surface area contributed by atoms with E-state index in [4.69, 9.17) is 5.73 Å². The van der Waals surface area contributed by atoms with E-state index in [0.717, 1.165) is 18.8 Å². The first-order valence-electron chi connectivity index (χ1n) is 7.70. The van der Waals surface area contributed by atoms with Gasteiger partial charge in [-0.3, -0.25) is 4.79 Å². The first-order chi connectivity index (χ1) is 10.1. The van der Waals surface area contributed by atoms with E-state index in [0.29, 0.717) is 23.7 Å². The van der Waals surface area contributed by atoms with E-state index in [9.17, 15) is 4.79 Å². The largest absolute Gasteiger partial charge is 0.397 e. The van der Waals surface area contributed by atoms with Crippen LogP contribution in [-0.4, -0.2) is 44.0 Å². The molecular weight excluding hydrogens is 264 g/mol. The summed E-state index contributed by atoms with van der Waals surface area (Å²) < 4.78 is 0. The minimum Gasteiger partial charge on any atom is -0.397 e. The van der Waals surface area contributed by atoms with Gasteiger partial charge in [-0.2, -0.15) is 0 Å². The van der Waals surface area contributed by atoms with Gasteiger partial charge >= 0.3 is 0 Å². The second kappa shape index (κ2) is 7.31. The highest BCUT2D eigenvalue weighted by Crippen LogP contribution is 2.22. The quantitative estimate of drug-likeness (QED) is 0.723. The van der Waals surface area contributed by atoms with E-state index in [-0.39, 0.29) is 5.91 Å². The van der Waals surface area contributed by atoms with Crippen molar-refractivity contribution >= 4 is 17.3 Å².